The number of amides is 2. The van der Waals surface area contributed by atoms with Crippen LogP contribution in [0.1, 0.15) is 26.5 Å². The first-order chi connectivity index (χ1) is 20.3. The van der Waals surface area contributed by atoms with Crippen LogP contribution >= 0.6 is 11.8 Å². The van der Waals surface area contributed by atoms with E-state index in [1.165, 1.54) is 18.1 Å². The van der Waals surface area contributed by atoms with Gasteiger partial charge in [0, 0.05) is 34.7 Å². The Bertz CT molecular complexity index is 1710. The molecule has 0 saturated heterocycles. The zero-order chi connectivity index (χ0) is 29.7. The number of anilines is 2. The van der Waals surface area contributed by atoms with E-state index >= 15 is 0 Å². The van der Waals surface area contributed by atoms with Gasteiger partial charge in [-0.15, -0.1) is 0 Å². The van der Waals surface area contributed by atoms with Crippen molar-refractivity contribution in [1.82, 2.24) is 19.7 Å². The Hall–Kier alpha value is -4.61. The molecule has 0 bridgehead atoms. The van der Waals surface area contributed by atoms with Gasteiger partial charge >= 0.3 is 6.03 Å². The molecule has 0 aliphatic heterocycles. The van der Waals surface area contributed by atoms with E-state index < -0.39 is 11.6 Å². The molecule has 0 fully saturated rings. The third-order valence-electron chi connectivity index (χ3n) is 6.48. The van der Waals surface area contributed by atoms with Gasteiger partial charge in [-0.1, -0.05) is 36.0 Å². The number of aromatic nitrogens is 4. The molecule has 5 rings (SSSR count). The van der Waals surface area contributed by atoms with E-state index in [-0.39, 0.29) is 0 Å². The van der Waals surface area contributed by atoms with Crippen LogP contribution in [0.3, 0.4) is 0 Å². The van der Waals surface area contributed by atoms with Crippen molar-refractivity contribution >= 4 is 40.2 Å². The van der Waals surface area contributed by atoms with Crippen molar-refractivity contribution < 1.29 is 19.0 Å². The van der Waals surface area contributed by atoms with Gasteiger partial charge < -0.3 is 19.5 Å². The predicted octanol–water partition coefficient (Wildman–Crippen LogP) is 6.90. The Morgan fingerprint density at radius 1 is 0.929 bits per heavy atom. The smallest absolute Gasteiger partial charge is 0.324 e. The van der Waals surface area contributed by atoms with Gasteiger partial charge in [0.15, 0.2) is 11.5 Å². The molecule has 5 aromatic rings. The lowest BCUT2D eigenvalue weighted by Crippen LogP contribution is -2.22. The summed E-state index contributed by atoms with van der Waals surface area (Å²) in [7, 11) is 3.18. The summed E-state index contributed by atoms with van der Waals surface area (Å²) in [6.45, 7) is 6.38. The fraction of sp³-hybridized carbons (Fsp3) is 0.226. The number of nitrogens with one attached hydrogen (secondary N) is 2. The fourth-order valence-electron chi connectivity index (χ4n) is 4.43. The minimum Gasteiger partial charge on any atom is -0.493 e. The molecule has 2 amide bonds. The first-order valence-corrected chi connectivity index (χ1v) is 14.2. The van der Waals surface area contributed by atoms with Crippen LogP contribution in [0.4, 0.5) is 16.3 Å². The highest BCUT2D eigenvalue weighted by Crippen LogP contribution is 2.37. The second kappa shape index (κ2) is 12.5. The van der Waals surface area contributed by atoms with Crippen molar-refractivity contribution in [2.45, 2.75) is 36.3 Å². The minimum absolute atomic E-state index is 0.403. The Labute approximate surface area is 248 Å². The third kappa shape index (κ3) is 6.32. The number of rotatable bonds is 10. The van der Waals surface area contributed by atoms with Crippen LogP contribution in [0.15, 0.2) is 89.0 Å². The molecule has 10 nitrogen and oxygen atoms in total. The lowest BCUT2D eigenvalue weighted by molar-refractivity contribution is -0.0175. The third-order valence-corrected chi connectivity index (χ3v) is 7.49. The molecule has 2 heterocycles. The Morgan fingerprint density at radius 2 is 1.69 bits per heavy atom. The van der Waals surface area contributed by atoms with Gasteiger partial charge in [0.1, 0.15) is 22.8 Å². The van der Waals surface area contributed by atoms with Crippen LogP contribution in [0, 0.1) is 0 Å². The summed E-state index contributed by atoms with van der Waals surface area (Å²) < 4.78 is 18.5. The largest absolute Gasteiger partial charge is 0.493 e. The molecule has 0 spiro atoms. The molecule has 0 saturated carbocycles. The van der Waals surface area contributed by atoms with Gasteiger partial charge in [0.2, 0.25) is 0 Å². The number of carbonyl (C=O) groups excluding carboxylic acids is 1. The number of para-hydroxylation sites is 1. The lowest BCUT2D eigenvalue weighted by atomic mass is 10.1. The quantitative estimate of drug-likeness (QED) is 0.171. The summed E-state index contributed by atoms with van der Waals surface area (Å²) in [5, 5.41) is 12.2. The lowest BCUT2D eigenvalue weighted by Gasteiger charge is -2.21. The Morgan fingerprint density at radius 3 is 2.43 bits per heavy atom. The first-order valence-electron chi connectivity index (χ1n) is 13.3. The number of fused-ring (bicyclic) bond motifs is 1. The van der Waals surface area contributed by atoms with E-state index in [1.54, 1.807) is 18.9 Å². The number of benzene rings is 3. The Kier molecular flexibility index (Phi) is 8.60. The fourth-order valence-corrected chi connectivity index (χ4v) is 5.36. The summed E-state index contributed by atoms with van der Waals surface area (Å²) >= 11 is 1.46. The van der Waals surface area contributed by atoms with Gasteiger partial charge in [-0.3, -0.25) is 5.32 Å². The van der Waals surface area contributed by atoms with Crippen LogP contribution in [0.2, 0.25) is 0 Å². The average molecular weight is 585 g/mol. The van der Waals surface area contributed by atoms with E-state index in [9.17, 15) is 4.79 Å². The maximum atomic E-state index is 13.2. The monoisotopic (exact) mass is 584 g/mol. The van der Waals surface area contributed by atoms with Crippen molar-refractivity contribution in [2.24, 2.45) is 0 Å². The summed E-state index contributed by atoms with van der Waals surface area (Å²) in [5.74, 6) is 1.71. The molecule has 0 aliphatic carbocycles. The molecule has 2 aromatic heterocycles. The van der Waals surface area contributed by atoms with Crippen molar-refractivity contribution in [3.63, 3.8) is 0 Å². The van der Waals surface area contributed by atoms with Crippen molar-refractivity contribution in [2.75, 3.05) is 31.5 Å². The normalized spacial score (nSPS) is 11.4. The number of methoxy groups -OCH3 is 2. The molecule has 0 radical (unpaired) electrons. The summed E-state index contributed by atoms with van der Waals surface area (Å²) in [4.78, 5) is 22.9. The van der Waals surface area contributed by atoms with Crippen LogP contribution in [-0.2, 0) is 10.3 Å². The number of urea groups is 1. The van der Waals surface area contributed by atoms with Crippen molar-refractivity contribution in [1.29, 1.82) is 0 Å². The number of carbonyl (C=O) groups is 1. The number of hydrogen-bond acceptors (Lipinski definition) is 8. The number of ether oxygens (including phenoxy) is 3. The summed E-state index contributed by atoms with van der Waals surface area (Å²) in [5.41, 5.74) is 2.24. The zero-order valence-electron chi connectivity index (χ0n) is 24.0. The molecule has 11 heteroatoms. The van der Waals surface area contributed by atoms with Crippen LogP contribution in [0.25, 0.3) is 16.6 Å². The zero-order valence-corrected chi connectivity index (χ0v) is 24.9. The van der Waals surface area contributed by atoms with E-state index in [0.29, 0.717) is 35.3 Å². The van der Waals surface area contributed by atoms with Gasteiger partial charge in [0.25, 0.3) is 0 Å². The van der Waals surface area contributed by atoms with Crippen molar-refractivity contribution in [3.05, 3.63) is 84.8 Å². The molecule has 0 unspecified atom stereocenters. The van der Waals surface area contributed by atoms with E-state index in [4.69, 9.17) is 19.3 Å². The molecule has 42 heavy (non-hydrogen) atoms. The molecule has 0 aliphatic rings. The number of hydrogen-bond donors (Lipinski definition) is 2. The highest BCUT2D eigenvalue weighted by atomic mass is 32.2. The van der Waals surface area contributed by atoms with Gasteiger partial charge in [-0.25, -0.2) is 19.4 Å². The summed E-state index contributed by atoms with van der Waals surface area (Å²) in [6, 6.07) is 22.3. The molecule has 216 valence electrons. The maximum absolute atomic E-state index is 13.2. The second-order valence-electron chi connectivity index (χ2n) is 9.72. The van der Waals surface area contributed by atoms with E-state index in [0.717, 1.165) is 26.5 Å². The minimum atomic E-state index is -0.631. The van der Waals surface area contributed by atoms with Crippen LogP contribution in [0.5, 0.6) is 11.5 Å². The molecular weight excluding hydrogens is 552 g/mol. The maximum Gasteiger partial charge on any atom is 0.324 e. The predicted molar refractivity (Wildman–Crippen MR) is 164 cm³/mol. The van der Waals surface area contributed by atoms with Crippen LogP contribution < -0.4 is 20.1 Å². The summed E-state index contributed by atoms with van der Waals surface area (Å²) in [6.07, 6.45) is 1.52. The second-order valence-corrected chi connectivity index (χ2v) is 10.8. The molecule has 3 aromatic carbocycles. The van der Waals surface area contributed by atoms with Gasteiger partial charge in [-0.05, 0) is 57.2 Å². The SMILES string of the molecule is CCOC(C)(C)c1cc(NC(=O)Nc2cccc(Sc3ncnc4cc(OC)c(OC)cc34)c2)n(-c2ccccc2)n1. The van der Waals surface area contributed by atoms with Gasteiger partial charge in [0.05, 0.1) is 31.1 Å². The Balaban J connectivity index is 1.37. The topological polar surface area (TPSA) is 112 Å². The molecular formula is C31H32N6O4S. The molecule has 2 N–H and O–H groups in total. The van der Waals surface area contributed by atoms with E-state index in [1.807, 2.05) is 93.6 Å². The van der Waals surface area contributed by atoms with Gasteiger partial charge in [-0.2, -0.15) is 5.10 Å². The standard InChI is InChI=1S/C31H32N6O4S/c1-6-41-31(2,3)27-18-28(37(36-27)21-12-8-7-9-13-21)35-30(38)34-20-11-10-14-22(15-20)42-29-23-16-25(39-4)26(40-5)17-24(23)32-19-33-29/h7-19H,6H2,1-5H3,(H2,34,35,38). The van der Waals surface area contributed by atoms with Crippen molar-refractivity contribution in [3.8, 4) is 17.2 Å². The highest BCUT2D eigenvalue weighted by molar-refractivity contribution is 7.99. The highest BCUT2D eigenvalue weighted by Gasteiger charge is 2.26. The van der Waals surface area contributed by atoms with E-state index in [2.05, 4.69) is 20.6 Å². The number of nitrogens with zero attached hydrogens (tertiary/aromatic N) is 4. The first kappa shape index (κ1) is 28.9. The average Bonchev–Trinajstić information content (AvgIpc) is 3.42. The molecule has 0 atom stereocenters. The van der Waals surface area contributed by atoms with Crippen LogP contribution in [-0.4, -0.2) is 46.6 Å².